The Balaban J connectivity index is 2.65. The van der Waals surface area contributed by atoms with Gasteiger partial charge in [-0.25, -0.2) is 13.6 Å². The van der Waals surface area contributed by atoms with E-state index in [-0.39, 0.29) is 16.3 Å². The van der Waals surface area contributed by atoms with Crippen LogP contribution in [-0.4, -0.2) is 37.1 Å². The summed E-state index contributed by atoms with van der Waals surface area (Å²) in [5.74, 6) is -0.0422. The summed E-state index contributed by atoms with van der Waals surface area (Å²) in [5, 5.41) is 8.87. The van der Waals surface area contributed by atoms with E-state index < -0.39 is 26.7 Å². The third-order valence-electron chi connectivity index (χ3n) is 1.79. The van der Waals surface area contributed by atoms with E-state index in [0.717, 1.165) is 11.3 Å². The smallest absolute Gasteiger partial charge is 0.252 e. The first-order valence-corrected chi connectivity index (χ1v) is 8.65. The molecule has 3 N–H and O–H groups in total. The molecule has 1 heterocycles. The third-order valence-corrected chi connectivity index (χ3v) is 4.96. The molecule has 1 unspecified atom stereocenters. The second-order valence-electron chi connectivity index (χ2n) is 3.23. The van der Waals surface area contributed by atoms with Crippen molar-refractivity contribution in [2.45, 2.75) is 4.21 Å². The number of hydrogen-bond acceptors (Lipinski definition) is 5. The lowest BCUT2D eigenvalue weighted by molar-refractivity contribution is 0.0956. The summed E-state index contributed by atoms with van der Waals surface area (Å²) in [6, 6.07) is 1.22. The second-order valence-corrected chi connectivity index (χ2v) is 7.49. The number of carbonyl (C=O) groups is 1. The minimum absolute atomic E-state index is 0.0540. The van der Waals surface area contributed by atoms with Crippen LogP contribution in [0, 0.1) is 0 Å². The molecule has 17 heavy (non-hydrogen) atoms. The van der Waals surface area contributed by atoms with Crippen LogP contribution in [0.15, 0.2) is 15.7 Å². The summed E-state index contributed by atoms with van der Waals surface area (Å²) in [5.41, 5.74) is 0.237. The summed E-state index contributed by atoms with van der Waals surface area (Å²) < 4.78 is 32.7. The zero-order valence-electron chi connectivity index (χ0n) is 9.00. The van der Waals surface area contributed by atoms with Crippen LogP contribution in [0.1, 0.15) is 10.4 Å². The number of nitrogens with two attached hydrogens (primary N) is 1. The highest BCUT2D eigenvalue weighted by molar-refractivity contribution is 7.91. The summed E-state index contributed by atoms with van der Waals surface area (Å²) in [6.45, 7) is 0.280. The molecule has 6 nitrogen and oxygen atoms in total. The molecule has 0 aliphatic rings. The SMILES string of the molecule is CS(=O)CCNC(=O)c1csc(S(N)(=O)=O)c1. The molecule has 1 rings (SSSR count). The topological polar surface area (TPSA) is 106 Å². The summed E-state index contributed by atoms with van der Waals surface area (Å²) in [6.07, 6.45) is 1.54. The monoisotopic (exact) mass is 296 g/mol. The zero-order valence-corrected chi connectivity index (χ0v) is 11.5. The molecule has 1 aromatic rings. The van der Waals surface area contributed by atoms with Crippen molar-refractivity contribution in [2.24, 2.45) is 5.14 Å². The van der Waals surface area contributed by atoms with Gasteiger partial charge in [-0.05, 0) is 6.07 Å². The second kappa shape index (κ2) is 5.71. The molecule has 0 aliphatic carbocycles. The molecule has 9 heteroatoms. The molecule has 1 atom stereocenters. The van der Waals surface area contributed by atoms with Crippen molar-refractivity contribution in [3.05, 3.63) is 17.0 Å². The zero-order chi connectivity index (χ0) is 13.1. The van der Waals surface area contributed by atoms with E-state index in [0.29, 0.717) is 5.75 Å². The van der Waals surface area contributed by atoms with Crippen LogP contribution >= 0.6 is 11.3 Å². The fourth-order valence-electron chi connectivity index (χ4n) is 0.995. The quantitative estimate of drug-likeness (QED) is 0.764. The maximum atomic E-state index is 11.5. The molecule has 0 aromatic carbocycles. The number of carbonyl (C=O) groups excluding carboxylic acids is 1. The molecule has 1 amide bonds. The molecular weight excluding hydrogens is 284 g/mol. The van der Waals surface area contributed by atoms with Crippen molar-refractivity contribution in [2.75, 3.05) is 18.6 Å². The normalized spacial score (nSPS) is 13.3. The van der Waals surface area contributed by atoms with E-state index in [1.807, 2.05) is 0 Å². The van der Waals surface area contributed by atoms with Crippen molar-refractivity contribution in [1.29, 1.82) is 0 Å². The standard InChI is InChI=1S/C8H12N2O4S3/c1-16(12)3-2-10-8(11)6-4-7(15-5-6)17(9,13)14/h4-5H,2-3H2,1H3,(H,10,11)(H2,9,13,14). The third kappa shape index (κ3) is 4.54. The molecule has 0 fully saturated rings. The van der Waals surface area contributed by atoms with Crippen LogP contribution in [0.2, 0.25) is 0 Å². The van der Waals surface area contributed by atoms with Gasteiger partial charge >= 0.3 is 0 Å². The predicted octanol–water partition coefficient (Wildman–Crippen LogP) is -0.496. The molecule has 0 aliphatic heterocycles. The van der Waals surface area contributed by atoms with E-state index in [1.54, 1.807) is 0 Å². The summed E-state index contributed by atoms with van der Waals surface area (Å²) in [4.78, 5) is 11.5. The van der Waals surface area contributed by atoms with Crippen molar-refractivity contribution >= 4 is 38.1 Å². The molecular formula is C8H12N2O4S3. The largest absolute Gasteiger partial charge is 0.351 e. The van der Waals surface area contributed by atoms with E-state index >= 15 is 0 Å². The number of sulfonamides is 1. The van der Waals surface area contributed by atoms with Gasteiger partial charge in [0.1, 0.15) is 4.21 Å². The Bertz CT molecular complexity index is 535. The van der Waals surface area contributed by atoms with Gasteiger partial charge in [-0.2, -0.15) is 0 Å². The van der Waals surface area contributed by atoms with Crippen molar-refractivity contribution in [1.82, 2.24) is 5.32 Å². The summed E-state index contributed by atoms with van der Waals surface area (Å²) >= 11 is 0.891. The molecule has 96 valence electrons. The first-order chi connectivity index (χ1) is 7.80. The predicted molar refractivity (Wildman–Crippen MR) is 67.0 cm³/mol. The van der Waals surface area contributed by atoms with Gasteiger partial charge in [0, 0.05) is 34.7 Å². The molecule has 0 saturated carbocycles. The van der Waals surface area contributed by atoms with Crippen LogP contribution in [0.3, 0.4) is 0 Å². The van der Waals surface area contributed by atoms with E-state index in [2.05, 4.69) is 5.32 Å². The lowest BCUT2D eigenvalue weighted by Crippen LogP contribution is -2.27. The average molecular weight is 296 g/mol. The number of nitrogens with one attached hydrogen (secondary N) is 1. The van der Waals surface area contributed by atoms with E-state index in [9.17, 15) is 17.4 Å². The number of thiophene rings is 1. The van der Waals surface area contributed by atoms with Gasteiger partial charge in [-0.1, -0.05) is 0 Å². The molecule has 0 saturated heterocycles. The minimum Gasteiger partial charge on any atom is -0.351 e. The van der Waals surface area contributed by atoms with Crippen LogP contribution in [0.4, 0.5) is 0 Å². The van der Waals surface area contributed by atoms with Gasteiger partial charge in [-0.3, -0.25) is 9.00 Å². The Morgan fingerprint density at radius 2 is 2.24 bits per heavy atom. The maximum Gasteiger partial charge on any atom is 0.252 e. The molecule has 0 bridgehead atoms. The van der Waals surface area contributed by atoms with Gasteiger partial charge in [0.25, 0.3) is 5.91 Å². The van der Waals surface area contributed by atoms with Crippen LogP contribution in [-0.2, 0) is 20.8 Å². The highest BCUT2D eigenvalue weighted by Gasteiger charge is 2.14. The maximum absolute atomic E-state index is 11.5. The number of primary sulfonamides is 1. The van der Waals surface area contributed by atoms with E-state index in [1.165, 1.54) is 17.7 Å². The molecule has 1 aromatic heterocycles. The lowest BCUT2D eigenvalue weighted by Gasteiger charge is -2.01. The highest BCUT2D eigenvalue weighted by atomic mass is 32.2. The van der Waals surface area contributed by atoms with Crippen LogP contribution in [0.5, 0.6) is 0 Å². The van der Waals surface area contributed by atoms with Crippen LogP contribution in [0.25, 0.3) is 0 Å². The Hall–Kier alpha value is -0.770. The van der Waals surface area contributed by atoms with Gasteiger partial charge in [0.05, 0.1) is 5.56 Å². The van der Waals surface area contributed by atoms with Gasteiger partial charge in [0.2, 0.25) is 10.0 Å². The first-order valence-electron chi connectivity index (χ1n) is 4.50. The van der Waals surface area contributed by atoms with Gasteiger partial charge in [-0.15, -0.1) is 11.3 Å². The molecule has 0 spiro atoms. The first kappa shape index (κ1) is 14.3. The van der Waals surface area contributed by atoms with Crippen molar-refractivity contribution in [3.8, 4) is 0 Å². The lowest BCUT2D eigenvalue weighted by atomic mass is 10.3. The Kier molecular flexibility index (Phi) is 4.80. The fraction of sp³-hybridized carbons (Fsp3) is 0.375. The molecule has 0 radical (unpaired) electrons. The van der Waals surface area contributed by atoms with Gasteiger partial charge < -0.3 is 5.32 Å². The minimum atomic E-state index is -3.76. The number of hydrogen-bond donors (Lipinski definition) is 2. The Morgan fingerprint density at radius 1 is 1.59 bits per heavy atom. The van der Waals surface area contributed by atoms with Crippen LogP contribution < -0.4 is 10.5 Å². The Labute approximate surface area is 106 Å². The number of amides is 1. The highest BCUT2D eigenvalue weighted by Crippen LogP contribution is 2.18. The average Bonchev–Trinajstić information content (AvgIpc) is 2.64. The Morgan fingerprint density at radius 3 is 2.71 bits per heavy atom. The van der Waals surface area contributed by atoms with E-state index in [4.69, 9.17) is 5.14 Å². The van der Waals surface area contributed by atoms with Crippen molar-refractivity contribution < 1.29 is 17.4 Å². The summed E-state index contributed by atoms with van der Waals surface area (Å²) in [7, 11) is -4.73. The van der Waals surface area contributed by atoms with Gasteiger partial charge in [0.15, 0.2) is 0 Å². The van der Waals surface area contributed by atoms with Crippen molar-refractivity contribution in [3.63, 3.8) is 0 Å². The fourth-order valence-corrected chi connectivity index (χ4v) is 2.97. The number of rotatable bonds is 5.